The quantitative estimate of drug-likeness (QED) is 0.615. The number of likely N-dealkylation sites (N-methyl/N-ethyl adjacent to an activating group) is 1. The van der Waals surface area contributed by atoms with Crippen molar-refractivity contribution in [2.75, 3.05) is 46.5 Å². The highest BCUT2D eigenvalue weighted by atomic mass is 125. The van der Waals surface area contributed by atoms with Crippen LogP contribution in [0.3, 0.4) is 0 Å². The Hall–Kier alpha value is -0.330. The van der Waals surface area contributed by atoms with E-state index in [4.69, 9.17) is 9.47 Å². The summed E-state index contributed by atoms with van der Waals surface area (Å²) in [6.45, 7) is 5.76. The number of morpholine rings is 1. The van der Waals surface area contributed by atoms with Crippen molar-refractivity contribution in [2.45, 2.75) is 0 Å². The third-order valence-electron chi connectivity index (χ3n) is 3.26. The molecule has 1 fully saturated rings. The fourth-order valence-corrected chi connectivity index (χ4v) is 2.28. The van der Waals surface area contributed by atoms with Crippen LogP contribution in [0, 0.1) is 3.57 Å². The lowest BCUT2D eigenvalue weighted by molar-refractivity contribution is -0.916. The van der Waals surface area contributed by atoms with Gasteiger partial charge in [-0.15, -0.1) is 0 Å². The van der Waals surface area contributed by atoms with Crippen molar-refractivity contribution in [1.29, 1.82) is 0 Å². The van der Waals surface area contributed by atoms with Gasteiger partial charge in [-0.25, -0.2) is 0 Å². The van der Waals surface area contributed by atoms with Crippen LogP contribution in [0.1, 0.15) is 0 Å². The Labute approximate surface area is 116 Å². The third kappa shape index (κ3) is 4.12. The summed E-state index contributed by atoms with van der Waals surface area (Å²) in [5.74, 6) is 0.963. The maximum atomic E-state index is 5.77. The SMILES string of the molecule is C[N+]1(CCOc2ccc([125I])cc2)CCOCC1. The van der Waals surface area contributed by atoms with Gasteiger partial charge in [0, 0.05) is 3.57 Å². The molecule has 0 atom stereocenters. The number of ether oxygens (including phenoxy) is 2. The van der Waals surface area contributed by atoms with E-state index in [0.29, 0.717) is 0 Å². The van der Waals surface area contributed by atoms with Gasteiger partial charge >= 0.3 is 0 Å². The van der Waals surface area contributed by atoms with E-state index in [1.807, 2.05) is 12.1 Å². The smallest absolute Gasteiger partial charge is 0.137 e. The molecule has 1 saturated heterocycles. The minimum atomic E-state index is 0.775. The van der Waals surface area contributed by atoms with Gasteiger partial charge in [-0.1, -0.05) is 0 Å². The molecule has 0 unspecified atom stereocenters. The van der Waals surface area contributed by atoms with Crippen LogP contribution in [-0.4, -0.2) is 51.0 Å². The van der Waals surface area contributed by atoms with Gasteiger partial charge in [-0.05, 0) is 46.9 Å². The summed E-state index contributed by atoms with van der Waals surface area (Å²) >= 11 is 2.30. The van der Waals surface area contributed by atoms with Crippen molar-refractivity contribution in [1.82, 2.24) is 0 Å². The van der Waals surface area contributed by atoms with Crippen molar-refractivity contribution < 1.29 is 14.0 Å². The van der Waals surface area contributed by atoms with Crippen LogP contribution in [0.4, 0.5) is 0 Å². The second kappa shape index (κ2) is 6.02. The first-order valence-electron chi connectivity index (χ1n) is 5.98. The lowest BCUT2D eigenvalue weighted by Crippen LogP contribution is -2.53. The highest BCUT2D eigenvalue weighted by Gasteiger charge is 2.24. The summed E-state index contributed by atoms with van der Waals surface area (Å²) in [6.07, 6.45) is 0. The first-order valence-corrected chi connectivity index (χ1v) is 7.06. The number of benzene rings is 1. The fourth-order valence-electron chi connectivity index (χ4n) is 1.92. The molecule has 17 heavy (non-hydrogen) atoms. The van der Waals surface area contributed by atoms with Gasteiger partial charge in [0.15, 0.2) is 0 Å². The molecule has 0 bridgehead atoms. The zero-order valence-corrected chi connectivity index (χ0v) is 12.4. The van der Waals surface area contributed by atoms with Gasteiger partial charge < -0.3 is 14.0 Å². The maximum Gasteiger partial charge on any atom is 0.137 e. The zero-order chi connectivity index (χ0) is 12.1. The molecule has 1 aromatic rings. The molecule has 0 radical (unpaired) electrons. The van der Waals surface area contributed by atoms with Crippen molar-refractivity contribution in [2.24, 2.45) is 0 Å². The van der Waals surface area contributed by atoms with Gasteiger partial charge in [-0.2, -0.15) is 0 Å². The van der Waals surface area contributed by atoms with Crippen molar-refractivity contribution in [3.63, 3.8) is 0 Å². The highest BCUT2D eigenvalue weighted by Crippen LogP contribution is 2.14. The molecule has 3 nitrogen and oxygen atoms in total. The van der Waals surface area contributed by atoms with Gasteiger partial charge in [0.05, 0.1) is 20.3 Å². The Kier molecular flexibility index (Phi) is 4.64. The van der Waals surface area contributed by atoms with Crippen LogP contribution in [0.2, 0.25) is 0 Å². The standard InChI is InChI=1S/C13H19INO2/c1-15(6-9-16-10-7-15)8-11-17-13-4-2-12(14)3-5-13/h2-5H,6-11H2,1H3/q+1/i14-2. The van der Waals surface area contributed by atoms with Crippen LogP contribution in [0.15, 0.2) is 24.3 Å². The number of hydrogen-bond donors (Lipinski definition) is 0. The van der Waals surface area contributed by atoms with Crippen molar-refractivity contribution in [3.8, 4) is 5.75 Å². The molecule has 0 saturated carbocycles. The van der Waals surface area contributed by atoms with Gasteiger partial charge in [-0.3, -0.25) is 0 Å². The Bertz CT molecular complexity index is 347. The van der Waals surface area contributed by atoms with Crippen molar-refractivity contribution >= 4 is 22.6 Å². The molecule has 0 aliphatic carbocycles. The molecule has 1 aliphatic rings. The molecule has 1 aromatic carbocycles. The number of hydrogen-bond acceptors (Lipinski definition) is 2. The molecule has 2 rings (SSSR count). The lowest BCUT2D eigenvalue weighted by atomic mass is 10.3. The summed E-state index contributed by atoms with van der Waals surface area (Å²) in [5, 5.41) is 0. The average molecular weight is 346 g/mol. The average Bonchev–Trinajstić information content (AvgIpc) is 2.32. The lowest BCUT2D eigenvalue weighted by Gasteiger charge is -2.37. The molecule has 0 amide bonds. The van der Waals surface area contributed by atoms with E-state index >= 15 is 0 Å². The molecule has 1 aliphatic heterocycles. The molecule has 0 N–H and O–H groups in total. The van der Waals surface area contributed by atoms with Crippen LogP contribution >= 0.6 is 22.6 Å². The molecule has 0 spiro atoms. The Morgan fingerprint density at radius 3 is 2.53 bits per heavy atom. The van der Waals surface area contributed by atoms with Gasteiger partial charge in [0.25, 0.3) is 0 Å². The van der Waals surface area contributed by atoms with Crippen LogP contribution in [0.25, 0.3) is 0 Å². The van der Waals surface area contributed by atoms with E-state index in [0.717, 1.165) is 49.7 Å². The summed E-state index contributed by atoms with van der Waals surface area (Å²) < 4.78 is 13.5. The molecule has 4 heteroatoms. The van der Waals surface area contributed by atoms with E-state index < -0.39 is 0 Å². The van der Waals surface area contributed by atoms with Gasteiger partial charge in [0.1, 0.15) is 32.0 Å². The first-order chi connectivity index (χ1) is 8.18. The van der Waals surface area contributed by atoms with Crippen molar-refractivity contribution in [3.05, 3.63) is 27.8 Å². The largest absolute Gasteiger partial charge is 0.488 e. The number of nitrogens with zero attached hydrogens (tertiary/aromatic N) is 1. The first kappa shape index (κ1) is 13.1. The molecular weight excluding hydrogens is 327 g/mol. The zero-order valence-electron chi connectivity index (χ0n) is 10.2. The van der Waals surface area contributed by atoms with E-state index in [9.17, 15) is 0 Å². The molecular formula is C13H19INO2+. The molecule has 0 aromatic heterocycles. The fraction of sp³-hybridized carbons (Fsp3) is 0.538. The predicted molar refractivity (Wildman–Crippen MR) is 76.3 cm³/mol. The normalized spacial score (nSPS) is 18.9. The van der Waals surface area contributed by atoms with E-state index in [-0.39, 0.29) is 0 Å². The van der Waals surface area contributed by atoms with Gasteiger partial charge in [0.2, 0.25) is 0 Å². The predicted octanol–water partition coefficient (Wildman–Crippen LogP) is 2.15. The maximum absolute atomic E-state index is 5.77. The minimum absolute atomic E-state index is 0.775. The topological polar surface area (TPSA) is 18.5 Å². The summed E-state index contributed by atoms with van der Waals surface area (Å²) in [6, 6.07) is 8.20. The Morgan fingerprint density at radius 1 is 1.24 bits per heavy atom. The number of rotatable bonds is 4. The Balaban J connectivity index is 1.77. The van der Waals surface area contributed by atoms with Crippen LogP contribution < -0.4 is 4.74 Å². The summed E-state index contributed by atoms with van der Waals surface area (Å²) in [7, 11) is 2.28. The summed E-state index contributed by atoms with van der Waals surface area (Å²) in [4.78, 5) is 0. The Morgan fingerprint density at radius 2 is 1.88 bits per heavy atom. The molecule has 1 heterocycles. The van der Waals surface area contributed by atoms with E-state index in [2.05, 4.69) is 41.8 Å². The summed E-state index contributed by atoms with van der Waals surface area (Å²) in [5.41, 5.74) is 0. The van der Waals surface area contributed by atoms with Crippen LogP contribution in [0.5, 0.6) is 5.75 Å². The second-order valence-corrected chi connectivity index (χ2v) is 5.95. The van der Waals surface area contributed by atoms with Crippen LogP contribution in [-0.2, 0) is 4.74 Å². The molecule has 94 valence electrons. The number of quaternary nitrogens is 1. The minimum Gasteiger partial charge on any atom is -0.488 e. The van der Waals surface area contributed by atoms with E-state index in [1.165, 1.54) is 3.57 Å². The number of halogens is 1. The third-order valence-corrected chi connectivity index (χ3v) is 3.98. The monoisotopic (exact) mass is 346 g/mol. The van der Waals surface area contributed by atoms with E-state index in [1.54, 1.807) is 0 Å². The second-order valence-electron chi connectivity index (χ2n) is 4.71. The highest BCUT2D eigenvalue weighted by molar-refractivity contribution is 14.1.